The van der Waals surface area contributed by atoms with Crippen molar-refractivity contribution in [2.45, 2.75) is 51.0 Å². The molecule has 0 amide bonds. The minimum absolute atomic E-state index is 0.0136. The predicted molar refractivity (Wildman–Crippen MR) is 83.0 cm³/mol. The fraction of sp³-hybridized carbons (Fsp3) is 0.750. The monoisotopic (exact) mass is 323 g/mol. The summed E-state index contributed by atoms with van der Waals surface area (Å²) in [7, 11) is 0. The van der Waals surface area contributed by atoms with E-state index in [0.29, 0.717) is 36.4 Å². The molecule has 0 unspecified atom stereocenters. The molecule has 1 atom stereocenters. The number of aliphatic hydroxyl groups excluding tert-OH is 1. The van der Waals surface area contributed by atoms with Crippen molar-refractivity contribution in [1.82, 2.24) is 9.97 Å². The maximum Gasteiger partial charge on any atom is 0.308 e. The average Bonchev–Trinajstić information content (AvgIpc) is 3.02. The van der Waals surface area contributed by atoms with Crippen LogP contribution in [0.3, 0.4) is 0 Å². The first kappa shape index (κ1) is 16.3. The first-order valence-electron chi connectivity index (χ1n) is 8.37. The minimum atomic E-state index is -0.397. The lowest BCUT2D eigenvalue weighted by Gasteiger charge is -2.24. The molecule has 2 fully saturated rings. The maximum absolute atomic E-state index is 11.2. The van der Waals surface area contributed by atoms with E-state index in [1.54, 1.807) is 0 Å². The third-order valence-electron chi connectivity index (χ3n) is 4.89. The largest absolute Gasteiger partial charge is 0.393 e. The summed E-state index contributed by atoms with van der Waals surface area (Å²) in [5, 5.41) is 20.8. The Morgan fingerprint density at radius 3 is 2.74 bits per heavy atom. The Morgan fingerprint density at radius 1 is 1.30 bits per heavy atom. The molecule has 0 aromatic carbocycles. The molecule has 2 heterocycles. The summed E-state index contributed by atoms with van der Waals surface area (Å²) in [6.45, 7) is 1.37. The number of nitrogens with zero attached hydrogens (tertiary/aromatic N) is 3. The van der Waals surface area contributed by atoms with Crippen LogP contribution in [0.1, 0.15) is 43.6 Å². The lowest BCUT2D eigenvalue weighted by Crippen LogP contribution is -2.20. The molecule has 1 aromatic heterocycles. The Balaban J connectivity index is 1.71. The van der Waals surface area contributed by atoms with Gasteiger partial charge in [0, 0.05) is 26.1 Å². The third kappa shape index (κ3) is 4.23. The lowest BCUT2D eigenvalue weighted by molar-refractivity contribution is -0.386. The Morgan fingerprint density at radius 2 is 2.09 bits per heavy atom. The minimum Gasteiger partial charge on any atom is -0.393 e. The molecule has 0 spiro atoms. The van der Waals surface area contributed by atoms with E-state index in [4.69, 9.17) is 4.74 Å². The predicted octanol–water partition coefficient (Wildman–Crippen LogP) is 2.06. The van der Waals surface area contributed by atoms with Crippen LogP contribution in [0.15, 0.2) is 6.20 Å². The van der Waals surface area contributed by atoms with Gasteiger partial charge in [-0.15, -0.1) is 0 Å². The zero-order valence-electron chi connectivity index (χ0n) is 13.2. The molecule has 2 aliphatic rings. The van der Waals surface area contributed by atoms with Gasteiger partial charge in [-0.05, 0) is 43.9 Å². The van der Waals surface area contributed by atoms with E-state index in [9.17, 15) is 15.2 Å². The van der Waals surface area contributed by atoms with Crippen molar-refractivity contribution in [3.63, 3.8) is 0 Å². The van der Waals surface area contributed by atoms with Gasteiger partial charge in [0.15, 0.2) is 0 Å². The highest BCUT2D eigenvalue weighted by Gasteiger charge is 2.25. The van der Waals surface area contributed by atoms with Crippen LogP contribution in [0.5, 0.6) is 0 Å². The Bertz CT molecular complexity index is 552. The van der Waals surface area contributed by atoms with E-state index in [1.807, 2.05) is 0 Å². The van der Waals surface area contributed by atoms with Gasteiger partial charge in [0.05, 0.1) is 11.0 Å². The highest BCUT2D eigenvalue weighted by Crippen LogP contribution is 2.28. The second-order valence-electron chi connectivity index (χ2n) is 6.69. The maximum atomic E-state index is 11.2. The van der Waals surface area contributed by atoms with Gasteiger partial charge in [-0.3, -0.25) is 10.1 Å². The molecular weight excluding hydrogens is 300 g/mol. The molecule has 7 heteroatoms. The summed E-state index contributed by atoms with van der Waals surface area (Å²) < 4.78 is 5.35. The Kier molecular flexibility index (Phi) is 5.17. The molecular formula is C16H23N3O4. The van der Waals surface area contributed by atoms with Crippen molar-refractivity contribution < 1.29 is 14.8 Å². The van der Waals surface area contributed by atoms with E-state index in [-0.39, 0.29) is 11.8 Å². The molecule has 1 N–H and O–H groups in total. The first-order valence-corrected chi connectivity index (χ1v) is 8.37. The van der Waals surface area contributed by atoms with Crippen molar-refractivity contribution in [2.24, 2.45) is 11.8 Å². The van der Waals surface area contributed by atoms with Crippen LogP contribution in [-0.4, -0.2) is 39.3 Å². The van der Waals surface area contributed by atoms with Crippen molar-refractivity contribution >= 4 is 5.69 Å². The smallest absolute Gasteiger partial charge is 0.308 e. The molecule has 0 bridgehead atoms. The highest BCUT2D eigenvalue weighted by molar-refractivity contribution is 5.33. The summed E-state index contributed by atoms with van der Waals surface area (Å²) in [6, 6.07) is 0. The summed E-state index contributed by atoms with van der Waals surface area (Å²) in [6.07, 6.45) is 6.99. The molecule has 1 aliphatic carbocycles. The molecule has 7 nitrogen and oxygen atoms in total. The van der Waals surface area contributed by atoms with E-state index >= 15 is 0 Å². The van der Waals surface area contributed by atoms with Crippen molar-refractivity contribution in [1.29, 1.82) is 0 Å². The number of nitro groups is 1. The fourth-order valence-corrected chi connectivity index (χ4v) is 3.48. The number of rotatable bonds is 5. The van der Waals surface area contributed by atoms with Gasteiger partial charge in [-0.2, -0.15) is 0 Å². The van der Waals surface area contributed by atoms with Crippen LogP contribution in [0.25, 0.3) is 0 Å². The number of aliphatic hydroxyl groups is 1. The van der Waals surface area contributed by atoms with Crippen LogP contribution >= 0.6 is 0 Å². The third-order valence-corrected chi connectivity index (χ3v) is 4.89. The number of hydrogen-bond acceptors (Lipinski definition) is 6. The number of aromatic nitrogens is 2. The van der Waals surface area contributed by atoms with Gasteiger partial charge >= 0.3 is 5.69 Å². The second-order valence-corrected chi connectivity index (χ2v) is 6.69. The summed E-state index contributed by atoms with van der Waals surface area (Å²) in [5.41, 5.74) is 0.547. The average molecular weight is 323 g/mol. The van der Waals surface area contributed by atoms with Crippen molar-refractivity contribution in [3.05, 3.63) is 27.8 Å². The zero-order chi connectivity index (χ0) is 16.2. The molecule has 1 saturated carbocycles. The number of ether oxygens (including phenoxy) is 1. The molecule has 1 saturated heterocycles. The van der Waals surface area contributed by atoms with E-state index < -0.39 is 4.92 Å². The second kappa shape index (κ2) is 7.31. The van der Waals surface area contributed by atoms with Crippen LogP contribution in [0.2, 0.25) is 0 Å². The number of hydrogen-bond donors (Lipinski definition) is 1. The summed E-state index contributed by atoms with van der Waals surface area (Å²) in [4.78, 5) is 19.5. The fourth-order valence-electron chi connectivity index (χ4n) is 3.48. The van der Waals surface area contributed by atoms with Gasteiger partial charge in [-0.1, -0.05) is 0 Å². The van der Waals surface area contributed by atoms with E-state index in [2.05, 4.69) is 9.97 Å². The van der Waals surface area contributed by atoms with Crippen LogP contribution in [0, 0.1) is 22.0 Å². The highest BCUT2D eigenvalue weighted by atomic mass is 16.6. The normalized spacial score (nSPS) is 28.0. The molecule has 1 aromatic rings. The molecule has 0 radical (unpaired) electrons. The molecule has 23 heavy (non-hydrogen) atoms. The van der Waals surface area contributed by atoms with Crippen LogP contribution in [0.4, 0.5) is 5.69 Å². The van der Waals surface area contributed by atoms with Crippen molar-refractivity contribution in [3.8, 4) is 0 Å². The lowest BCUT2D eigenvalue weighted by atomic mass is 9.87. The standard InChI is InChI=1S/C16H23N3O4/c20-13-3-1-11(2-4-13)8-16-17-9-15(19(21)22)14(18-16)7-12-5-6-23-10-12/h9,11-13,20H,1-8,10H2/t11?,12-,13?/m0/s1/i16+2. The van der Waals surface area contributed by atoms with Gasteiger partial charge < -0.3 is 9.84 Å². The molecule has 3 rings (SSSR count). The van der Waals surface area contributed by atoms with Gasteiger partial charge in [0.2, 0.25) is 0 Å². The SMILES string of the molecule is O=[N+]([O-])c1cn[14c](CC2CCC(O)CC2)nc1C[C@@H]1CCOC1. The Hall–Kier alpha value is -1.60. The van der Waals surface area contributed by atoms with Crippen LogP contribution < -0.4 is 0 Å². The quantitative estimate of drug-likeness (QED) is 0.658. The molecule has 1 aliphatic heterocycles. The molecule has 126 valence electrons. The summed E-state index contributed by atoms with van der Waals surface area (Å²) in [5.74, 6) is 1.45. The van der Waals surface area contributed by atoms with E-state index in [0.717, 1.165) is 45.1 Å². The van der Waals surface area contributed by atoms with E-state index in [1.165, 1.54) is 6.20 Å². The Labute approximate surface area is 135 Å². The van der Waals surface area contributed by atoms with Crippen LogP contribution in [-0.2, 0) is 17.6 Å². The van der Waals surface area contributed by atoms with Gasteiger partial charge in [0.1, 0.15) is 17.7 Å². The summed E-state index contributed by atoms with van der Waals surface area (Å²) >= 11 is 0. The topological polar surface area (TPSA) is 98.4 Å². The van der Waals surface area contributed by atoms with Gasteiger partial charge in [0.25, 0.3) is 0 Å². The zero-order valence-corrected chi connectivity index (χ0v) is 13.2. The first-order chi connectivity index (χ1) is 11.1. The van der Waals surface area contributed by atoms with Gasteiger partial charge in [-0.25, -0.2) is 9.97 Å². The van der Waals surface area contributed by atoms with Crippen molar-refractivity contribution in [2.75, 3.05) is 13.2 Å².